The van der Waals surface area contributed by atoms with E-state index in [1.165, 1.54) is 20.3 Å². The van der Waals surface area contributed by atoms with Crippen LogP contribution < -0.4 is 10.6 Å². The second-order valence-corrected chi connectivity index (χ2v) is 19.7. The number of hydrogen-bond donors (Lipinski definition) is 4. The Bertz CT molecular complexity index is 2720. The molecule has 1 aliphatic heterocycles. The lowest BCUT2D eigenvalue weighted by Gasteiger charge is -2.37. The van der Waals surface area contributed by atoms with Crippen LogP contribution >= 0.6 is 0 Å². The Hall–Kier alpha value is -6.32. The first kappa shape index (κ1) is 44.9. The number of alkyl halides is 2. The number of methoxy groups -OCH3 is 2. The summed E-state index contributed by atoms with van der Waals surface area (Å²) in [5, 5.41) is 5.43. The van der Waals surface area contributed by atoms with Crippen molar-refractivity contribution in [3.05, 3.63) is 83.6 Å². The zero-order chi connectivity index (χ0) is 47.0. The molecule has 3 aromatic carbocycles. The maximum atomic E-state index is 16.7. The van der Waals surface area contributed by atoms with Crippen LogP contribution in [0.2, 0.25) is 0 Å². The third-order valence-corrected chi connectivity index (χ3v) is 14.4. The van der Waals surface area contributed by atoms with Crippen molar-refractivity contribution in [1.82, 2.24) is 40.4 Å². The Morgan fingerprint density at radius 3 is 2.08 bits per heavy atom. The SMILES string of the molecule is COC(=O)N[C@H](C(=O)N(CC1(C)CC1)[C@@H](C)c1nc(-c2ccc3c(c2)C(F)(F)c2cc(-c4ccc5nc([C@@H]6[C@H]7CC[C@H](C7)N6C(=O)[C@@H](NC(=O)OC)C(C)C)[nH]c5c4)ccc2-3)c[nH]1)C(C)C. The Morgan fingerprint density at radius 2 is 1.44 bits per heavy atom. The second kappa shape index (κ2) is 16.8. The second-order valence-electron chi connectivity index (χ2n) is 19.7. The van der Waals surface area contributed by atoms with Crippen LogP contribution in [0.4, 0.5) is 18.4 Å². The quantitative estimate of drug-likeness (QED) is 0.0905. The summed E-state index contributed by atoms with van der Waals surface area (Å²) in [7, 11) is 2.54. The molecule has 3 aliphatic carbocycles. The highest BCUT2D eigenvalue weighted by Crippen LogP contribution is 2.54. The fraction of sp³-hybridized carbons (Fsp3) is 0.480. The van der Waals surface area contributed by atoms with Crippen molar-refractivity contribution >= 4 is 35.0 Å². The predicted molar refractivity (Wildman–Crippen MR) is 244 cm³/mol. The molecule has 0 spiro atoms. The van der Waals surface area contributed by atoms with E-state index in [2.05, 4.69) is 27.5 Å². The first-order valence-corrected chi connectivity index (χ1v) is 23.0. The minimum Gasteiger partial charge on any atom is -0.453 e. The van der Waals surface area contributed by atoms with E-state index in [1.54, 1.807) is 35.4 Å². The molecule has 2 bridgehead atoms. The number of ether oxygens (including phenoxy) is 2. The maximum Gasteiger partial charge on any atom is 0.407 e. The average Bonchev–Trinajstić information content (AvgIpc) is 3.89. The maximum absolute atomic E-state index is 16.7. The number of hydrogen-bond acceptors (Lipinski definition) is 8. The molecule has 0 unspecified atom stereocenters. The van der Waals surface area contributed by atoms with Crippen molar-refractivity contribution in [2.75, 3.05) is 20.8 Å². The lowest BCUT2D eigenvalue weighted by atomic mass is 9.95. The van der Waals surface area contributed by atoms with Gasteiger partial charge in [0.15, 0.2) is 0 Å². The van der Waals surface area contributed by atoms with Crippen LogP contribution in [0.25, 0.3) is 44.5 Å². The smallest absolute Gasteiger partial charge is 0.407 e. The molecule has 2 saturated carbocycles. The van der Waals surface area contributed by atoms with Crippen molar-refractivity contribution in [2.24, 2.45) is 23.2 Å². The molecule has 5 aromatic rings. The van der Waals surface area contributed by atoms with Gasteiger partial charge in [-0.15, -0.1) is 0 Å². The number of halogens is 2. The van der Waals surface area contributed by atoms with Crippen LogP contribution in [-0.4, -0.2) is 92.6 Å². The van der Waals surface area contributed by atoms with Gasteiger partial charge in [-0.25, -0.2) is 19.6 Å². The van der Waals surface area contributed by atoms with Gasteiger partial charge in [-0.1, -0.05) is 65.0 Å². The number of likely N-dealkylation sites (tertiary alicyclic amines) is 1. The summed E-state index contributed by atoms with van der Waals surface area (Å²) < 4.78 is 43.0. The number of piperidine rings is 1. The van der Waals surface area contributed by atoms with E-state index < -0.39 is 36.2 Å². The number of rotatable bonds is 13. The van der Waals surface area contributed by atoms with Gasteiger partial charge in [0, 0.05) is 35.5 Å². The molecule has 6 atom stereocenters. The summed E-state index contributed by atoms with van der Waals surface area (Å²) in [6, 6.07) is 13.5. The zero-order valence-corrected chi connectivity index (χ0v) is 38.6. The van der Waals surface area contributed by atoms with Crippen LogP contribution in [0.5, 0.6) is 0 Å². The lowest BCUT2D eigenvalue weighted by molar-refractivity contribution is -0.139. The fourth-order valence-corrected chi connectivity index (χ4v) is 10.3. The third-order valence-electron chi connectivity index (χ3n) is 14.4. The highest BCUT2D eigenvalue weighted by molar-refractivity contribution is 5.89. The Kier molecular flexibility index (Phi) is 11.4. The molecule has 16 heteroatoms. The molecule has 66 heavy (non-hydrogen) atoms. The fourth-order valence-electron chi connectivity index (χ4n) is 10.3. The molecule has 3 heterocycles. The normalized spacial score (nSPS) is 21.0. The summed E-state index contributed by atoms with van der Waals surface area (Å²) in [6.07, 6.45) is 4.99. The third kappa shape index (κ3) is 7.95. The molecule has 2 aromatic heterocycles. The standard InChI is InChI=1S/C50H58F2N8O6/c1-25(2)40(57-47(63)65-7)45(61)59(24-49(6)17-18-49)27(5)43-53-23-39(56-43)30-11-15-34-33-14-10-28(20-35(33)50(51,52)36(34)21-30)29-12-16-37-38(22-29)55-44(54-37)42-31-9-13-32(19-31)60(42)46(62)41(26(3)4)58-48(64)66-8/h10-12,14-16,20-23,25-27,31-32,40-42H,9,13,17-19,24H2,1-8H3,(H,53,56)(H,54,55)(H,57,63)(H,58,64)/t27-,31-,32+,40-,41-,42-/m0/s1. The molecule has 4 amide bonds. The number of carbonyl (C=O) groups is 4. The number of fused-ring (bicyclic) bond motifs is 6. The van der Waals surface area contributed by atoms with E-state index >= 15 is 8.78 Å². The van der Waals surface area contributed by atoms with E-state index in [1.807, 2.05) is 63.8 Å². The van der Waals surface area contributed by atoms with E-state index in [4.69, 9.17) is 19.4 Å². The van der Waals surface area contributed by atoms with E-state index in [9.17, 15) is 19.2 Å². The number of aromatic nitrogens is 4. The van der Waals surface area contributed by atoms with Crippen molar-refractivity contribution in [3.63, 3.8) is 0 Å². The molecular formula is C50H58F2N8O6. The van der Waals surface area contributed by atoms with Gasteiger partial charge in [-0.05, 0) is 109 Å². The molecular weight excluding hydrogens is 847 g/mol. The van der Waals surface area contributed by atoms with Crippen LogP contribution in [0.15, 0.2) is 60.8 Å². The van der Waals surface area contributed by atoms with Crippen molar-refractivity contribution in [1.29, 1.82) is 0 Å². The summed E-state index contributed by atoms with van der Waals surface area (Å²) in [5.74, 6) is -2.71. The summed E-state index contributed by atoms with van der Waals surface area (Å²) >= 11 is 0. The molecule has 1 saturated heterocycles. The number of amides is 4. The van der Waals surface area contributed by atoms with Gasteiger partial charge in [0.05, 0.1) is 43.0 Å². The Balaban J connectivity index is 0.957. The van der Waals surface area contributed by atoms with Gasteiger partial charge < -0.3 is 39.9 Å². The van der Waals surface area contributed by atoms with E-state index in [0.717, 1.165) is 43.2 Å². The predicted octanol–water partition coefficient (Wildman–Crippen LogP) is 9.24. The van der Waals surface area contributed by atoms with Crippen LogP contribution in [0.1, 0.15) is 109 Å². The first-order valence-electron chi connectivity index (χ1n) is 23.0. The highest BCUT2D eigenvalue weighted by atomic mass is 19.3. The van der Waals surface area contributed by atoms with Crippen LogP contribution in [-0.2, 0) is 25.0 Å². The van der Waals surface area contributed by atoms with Crippen LogP contribution in [0, 0.1) is 23.2 Å². The number of imidazole rings is 2. The average molecular weight is 905 g/mol. The van der Waals surface area contributed by atoms with Crippen molar-refractivity contribution in [3.8, 4) is 33.5 Å². The van der Waals surface area contributed by atoms with Gasteiger partial charge in [-0.3, -0.25) is 9.59 Å². The highest BCUT2D eigenvalue weighted by Gasteiger charge is 2.52. The molecule has 4 N–H and O–H groups in total. The molecule has 4 aliphatic rings. The minimum absolute atomic E-state index is 0.0428. The number of H-pyrrole nitrogens is 2. The Labute approximate surface area is 382 Å². The minimum atomic E-state index is -3.30. The Morgan fingerprint density at radius 1 is 0.833 bits per heavy atom. The van der Waals surface area contributed by atoms with Gasteiger partial charge in [0.25, 0.3) is 5.92 Å². The molecule has 348 valence electrons. The van der Waals surface area contributed by atoms with E-state index in [0.29, 0.717) is 51.7 Å². The summed E-state index contributed by atoms with van der Waals surface area (Å²) in [6.45, 7) is 12.0. The number of carbonyl (C=O) groups excluding carboxylic acids is 4. The lowest BCUT2D eigenvalue weighted by Crippen LogP contribution is -2.54. The number of nitrogens with zero attached hydrogens (tertiary/aromatic N) is 4. The van der Waals surface area contributed by atoms with Gasteiger partial charge >= 0.3 is 12.2 Å². The van der Waals surface area contributed by atoms with Crippen molar-refractivity contribution in [2.45, 2.75) is 110 Å². The number of alkyl carbamates (subject to hydrolysis) is 2. The van der Waals surface area contributed by atoms with Gasteiger partial charge in [0.2, 0.25) is 11.8 Å². The first-order chi connectivity index (χ1) is 31.4. The summed E-state index contributed by atoms with van der Waals surface area (Å²) in [5.41, 5.74) is 4.40. The molecule has 3 fully saturated rings. The molecule has 9 rings (SSSR count). The van der Waals surface area contributed by atoms with Gasteiger partial charge in [-0.2, -0.15) is 8.78 Å². The topological polar surface area (TPSA) is 175 Å². The number of nitrogens with one attached hydrogen (secondary N) is 4. The number of aromatic amines is 2. The van der Waals surface area contributed by atoms with Crippen molar-refractivity contribution < 1.29 is 37.4 Å². The van der Waals surface area contributed by atoms with Gasteiger partial charge in [0.1, 0.15) is 23.7 Å². The largest absolute Gasteiger partial charge is 0.453 e. The molecule has 14 nitrogen and oxygen atoms in total. The summed E-state index contributed by atoms with van der Waals surface area (Å²) in [4.78, 5) is 72.7. The zero-order valence-electron chi connectivity index (χ0n) is 38.6. The monoisotopic (exact) mass is 904 g/mol. The van der Waals surface area contributed by atoms with Crippen LogP contribution in [0.3, 0.4) is 0 Å². The number of benzene rings is 3. The van der Waals surface area contributed by atoms with E-state index in [-0.39, 0.29) is 58.2 Å². The molecule has 0 radical (unpaired) electrons.